The zero-order valence-corrected chi connectivity index (χ0v) is 18.6. The number of carbonyl (C=O) groups is 1. The molecule has 5 nitrogen and oxygen atoms in total. The number of fused-ring (bicyclic) bond motifs is 1. The van der Waals surface area contributed by atoms with Gasteiger partial charge < -0.3 is 19.6 Å². The average Bonchev–Trinajstić information content (AvgIpc) is 3.53. The number of likely N-dealkylation sites (tertiary alicyclic amines) is 1. The van der Waals surface area contributed by atoms with Gasteiger partial charge in [0.1, 0.15) is 5.76 Å². The molecule has 2 aromatic carbocycles. The van der Waals surface area contributed by atoms with Crippen LogP contribution in [0, 0.1) is 0 Å². The van der Waals surface area contributed by atoms with E-state index in [1.54, 1.807) is 6.07 Å². The second kappa shape index (κ2) is 8.32. The van der Waals surface area contributed by atoms with Crippen LogP contribution in [-0.4, -0.2) is 28.0 Å². The molecule has 0 spiro atoms. The van der Waals surface area contributed by atoms with Crippen molar-refractivity contribution in [1.82, 2.24) is 9.47 Å². The van der Waals surface area contributed by atoms with E-state index in [-0.39, 0.29) is 18.0 Å². The summed E-state index contributed by atoms with van der Waals surface area (Å²) in [6.45, 7) is 2.55. The monoisotopic (exact) mass is 427 g/mol. The van der Waals surface area contributed by atoms with Gasteiger partial charge in [-0.2, -0.15) is 0 Å². The van der Waals surface area contributed by atoms with E-state index >= 15 is 0 Å². The zero-order valence-electron chi connectivity index (χ0n) is 18.6. The number of furan rings is 1. The number of rotatable bonds is 5. The van der Waals surface area contributed by atoms with Crippen LogP contribution in [0.5, 0.6) is 0 Å². The fourth-order valence-corrected chi connectivity index (χ4v) is 5.02. The summed E-state index contributed by atoms with van der Waals surface area (Å²) in [7, 11) is 2.08. The zero-order chi connectivity index (χ0) is 22.2. The third-order valence-corrected chi connectivity index (χ3v) is 6.67. The summed E-state index contributed by atoms with van der Waals surface area (Å²) in [5, 5.41) is 1.25. The van der Waals surface area contributed by atoms with Crippen molar-refractivity contribution >= 4 is 16.8 Å². The lowest BCUT2D eigenvalue weighted by atomic mass is 9.94. The first-order valence-electron chi connectivity index (χ1n) is 11.3. The van der Waals surface area contributed by atoms with Crippen LogP contribution in [0.2, 0.25) is 0 Å². The van der Waals surface area contributed by atoms with Crippen molar-refractivity contribution in [1.29, 1.82) is 0 Å². The molecule has 32 heavy (non-hydrogen) atoms. The van der Waals surface area contributed by atoms with Gasteiger partial charge in [-0.1, -0.05) is 48.5 Å². The number of carbonyl (C=O) groups excluding carboxylic acids is 1. The van der Waals surface area contributed by atoms with Gasteiger partial charge in [0.25, 0.3) is 5.91 Å². The molecule has 1 saturated heterocycles. The maximum atomic E-state index is 13.5. The van der Waals surface area contributed by atoms with Gasteiger partial charge in [0.2, 0.25) is 0 Å². The van der Waals surface area contributed by atoms with Crippen molar-refractivity contribution in [2.45, 2.75) is 37.8 Å². The molecule has 0 bridgehead atoms. The number of para-hydroxylation sites is 1. The molecule has 1 aliphatic rings. The van der Waals surface area contributed by atoms with E-state index in [1.165, 1.54) is 22.0 Å². The van der Waals surface area contributed by atoms with E-state index in [1.807, 2.05) is 24.0 Å². The molecular weight excluding hydrogens is 398 g/mol. The molecule has 3 heterocycles. The van der Waals surface area contributed by atoms with Gasteiger partial charge in [-0.25, -0.2) is 0 Å². The summed E-state index contributed by atoms with van der Waals surface area (Å²) in [4.78, 5) is 15.5. The molecule has 164 valence electrons. The van der Waals surface area contributed by atoms with E-state index in [0.29, 0.717) is 24.0 Å². The third kappa shape index (κ3) is 3.73. The summed E-state index contributed by atoms with van der Waals surface area (Å²) in [6, 6.07) is 22.4. The normalized spacial score (nSPS) is 19.5. The van der Waals surface area contributed by atoms with Crippen molar-refractivity contribution in [3.8, 4) is 0 Å². The van der Waals surface area contributed by atoms with Crippen LogP contribution < -0.4 is 5.73 Å². The summed E-state index contributed by atoms with van der Waals surface area (Å²) < 4.78 is 7.98. The molecular formula is C27H29N3O2. The minimum Gasteiger partial charge on any atom is -0.454 e. The van der Waals surface area contributed by atoms with Crippen molar-refractivity contribution < 1.29 is 9.21 Å². The van der Waals surface area contributed by atoms with Gasteiger partial charge in [-0.05, 0) is 49.1 Å². The van der Waals surface area contributed by atoms with E-state index in [2.05, 4.69) is 66.3 Å². The summed E-state index contributed by atoms with van der Waals surface area (Å²) in [6.07, 6.45) is 3.95. The van der Waals surface area contributed by atoms with Crippen LogP contribution in [0.15, 0.2) is 77.3 Å². The largest absolute Gasteiger partial charge is 0.454 e. The van der Waals surface area contributed by atoms with Gasteiger partial charge in [-0.15, -0.1) is 0 Å². The van der Waals surface area contributed by atoms with Crippen LogP contribution >= 0.6 is 0 Å². The first-order chi connectivity index (χ1) is 15.5. The third-order valence-electron chi connectivity index (χ3n) is 6.67. The molecule has 1 amide bonds. The highest BCUT2D eigenvalue weighted by Gasteiger charge is 2.37. The fraction of sp³-hybridized carbons (Fsp3) is 0.296. The van der Waals surface area contributed by atoms with Gasteiger partial charge in [0.05, 0.1) is 6.04 Å². The Hall–Kier alpha value is -3.31. The number of hydrogen-bond acceptors (Lipinski definition) is 3. The lowest BCUT2D eigenvalue weighted by Crippen LogP contribution is -2.36. The van der Waals surface area contributed by atoms with Crippen LogP contribution in [-0.2, 0) is 13.5 Å². The Balaban J connectivity index is 1.47. The van der Waals surface area contributed by atoms with Crippen LogP contribution in [0.3, 0.4) is 0 Å². The molecule has 2 N–H and O–H groups in total. The number of nitrogens with two attached hydrogens (primary N) is 1. The number of aryl methyl sites for hydroxylation is 1. The molecule has 3 atom stereocenters. The first-order valence-corrected chi connectivity index (χ1v) is 11.3. The minimum absolute atomic E-state index is 0.0550. The molecule has 0 aliphatic carbocycles. The van der Waals surface area contributed by atoms with Crippen molar-refractivity contribution in [2.75, 3.05) is 6.54 Å². The maximum absolute atomic E-state index is 13.5. The lowest BCUT2D eigenvalue weighted by Gasteiger charge is -2.23. The summed E-state index contributed by atoms with van der Waals surface area (Å²) >= 11 is 0. The Labute approximate surface area is 188 Å². The van der Waals surface area contributed by atoms with Gasteiger partial charge in [0, 0.05) is 42.7 Å². The minimum atomic E-state index is -0.237. The Morgan fingerprint density at radius 3 is 2.59 bits per heavy atom. The average molecular weight is 428 g/mol. The molecule has 0 saturated carbocycles. The van der Waals surface area contributed by atoms with Crippen molar-refractivity contribution in [2.24, 2.45) is 12.8 Å². The molecule has 0 radical (unpaired) electrons. The lowest BCUT2D eigenvalue weighted by molar-refractivity contribution is 0.0700. The standard InChI is InChI=1S/C27H29N3O2/c1-18(28)25-12-13-26(32-25)27(31)30-17-20(19-8-4-3-5-9-19)14-22(30)15-21-16-29(2)24-11-7-6-10-23(21)24/h3-13,16,18,20,22H,14-15,17,28H2,1-2H3. The molecule has 5 rings (SSSR count). The molecule has 1 aliphatic heterocycles. The Kier molecular flexibility index (Phi) is 5.35. The van der Waals surface area contributed by atoms with Crippen LogP contribution in [0.1, 0.15) is 52.7 Å². The molecule has 3 unspecified atom stereocenters. The van der Waals surface area contributed by atoms with E-state index < -0.39 is 0 Å². The first kappa shape index (κ1) is 20.6. The smallest absolute Gasteiger partial charge is 0.289 e. The van der Waals surface area contributed by atoms with Gasteiger partial charge >= 0.3 is 0 Å². The fourth-order valence-electron chi connectivity index (χ4n) is 5.02. The van der Waals surface area contributed by atoms with Crippen molar-refractivity contribution in [3.63, 3.8) is 0 Å². The van der Waals surface area contributed by atoms with Crippen LogP contribution in [0.4, 0.5) is 0 Å². The number of hydrogen-bond donors (Lipinski definition) is 1. The van der Waals surface area contributed by atoms with E-state index in [9.17, 15) is 4.79 Å². The summed E-state index contributed by atoms with van der Waals surface area (Å²) in [5.41, 5.74) is 9.71. The van der Waals surface area contributed by atoms with Crippen molar-refractivity contribution in [3.05, 3.63) is 95.6 Å². The van der Waals surface area contributed by atoms with E-state index in [0.717, 1.165) is 12.8 Å². The van der Waals surface area contributed by atoms with Gasteiger partial charge in [-0.3, -0.25) is 4.79 Å². The second-order valence-corrected chi connectivity index (χ2v) is 8.93. The predicted molar refractivity (Wildman–Crippen MR) is 127 cm³/mol. The Morgan fingerprint density at radius 2 is 1.84 bits per heavy atom. The highest BCUT2D eigenvalue weighted by atomic mass is 16.4. The Bertz CT molecular complexity index is 1240. The molecule has 4 aromatic rings. The van der Waals surface area contributed by atoms with Crippen LogP contribution in [0.25, 0.3) is 10.9 Å². The summed E-state index contributed by atoms with van der Waals surface area (Å²) in [5.74, 6) is 1.26. The number of amides is 1. The quantitative estimate of drug-likeness (QED) is 0.486. The number of nitrogens with zero attached hydrogens (tertiary/aromatic N) is 2. The van der Waals surface area contributed by atoms with E-state index in [4.69, 9.17) is 10.2 Å². The Morgan fingerprint density at radius 1 is 1.09 bits per heavy atom. The highest BCUT2D eigenvalue weighted by Crippen LogP contribution is 2.36. The molecule has 2 aromatic heterocycles. The number of aromatic nitrogens is 1. The van der Waals surface area contributed by atoms with Gasteiger partial charge in [0.15, 0.2) is 5.76 Å². The number of benzene rings is 2. The molecule has 5 heteroatoms. The highest BCUT2D eigenvalue weighted by molar-refractivity contribution is 5.92. The SMILES string of the molecule is CC(N)c1ccc(C(=O)N2CC(c3ccccc3)CC2Cc2cn(C)c3ccccc23)o1. The molecule has 1 fully saturated rings. The predicted octanol–water partition coefficient (Wildman–Crippen LogP) is 5.03. The maximum Gasteiger partial charge on any atom is 0.289 e. The topological polar surface area (TPSA) is 64.4 Å². The second-order valence-electron chi connectivity index (χ2n) is 8.93.